The Labute approximate surface area is 189 Å². The van der Waals surface area contributed by atoms with Crippen LogP contribution < -0.4 is 5.63 Å². The molecule has 0 aliphatic carbocycles. The lowest BCUT2D eigenvalue weighted by molar-refractivity contribution is 0.0473. The smallest absolute Gasteiger partial charge is 0.338 e. The van der Waals surface area contributed by atoms with Gasteiger partial charge in [-0.05, 0) is 55.3 Å². The van der Waals surface area contributed by atoms with Crippen molar-refractivity contribution in [1.82, 2.24) is 4.31 Å². The molecular formula is C23H22FNO7S. The maximum atomic E-state index is 14.4. The van der Waals surface area contributed by atoms with Crippen LogP contribution in [0.15, 0.2) is 50.5 Å². The van der Waals surface area contributed by atoms with Gasteiger partial charge in [0.15, 0.2) is 0 Å². The van der Waals surface area contributed by atoms with E-state index in [0.29, 0.717) is 16.5 Å². The minimum absolute atomic E-state index is 0.0962. The molecule has 174 valence electrons. The fourth-order valence-corrected chi connectivity index (χ4v) is 5.08. The molecule has 8 nitrogen and oxygen atoms in total. The molecule has 0 N–H and O–H groups in total. The summed E-state index contributed by atoms with van der Waals surface area (Å²) in [5.74, 6) is -1.81. The number of fused-ring (bicyclic) bond motifs is 1. The summed E-state index contributed by atoms with van der Waals surface area (Å²) in [6.45, 7) is 4.16. The van der Waals surface area contributed by atoms with Gasteiger partial charge in [0.25, 0.3) is 0 Å². The largest absolute Gasteiger partial charge is 0.457 e. The van der Waals surface area contributed by atoms with Gasteiger partial charge in [0.05, 0.1) is 18.8 Å². The van der Waals surface area contributed by atoms with E-state index >= 15 is 0 Å². The Balaban J connectivity index is 1.60. The average molecular weight is 475 g/mol. The summed E-state index contributed by atoms with van der Waals surface area (Å²) in [5.41, 5.74) is 2.03. The summed E-state index contributed by atoms with van der Waals surface area (Å²) in [6.07, 6.45) is 0. The maximum Gasteiger partial charge on any atom is 0.338 e. The third kappa shape index (κ3) is 4.68. The van der Waals surface area contributed by atoms with Crippen LogP contribution in [0.2, 0.25) is 0 Å². The first-order valence-electron chi connectivity index (χ1n) is 10.3. The summed E-state index contributed by atoms with van der Waals surface area (Å²) >= 11 is 0. The number of carbonyl (C=O) groups is 1. The van der Waals surface area contributed by atoms with Crippen LogP contribution in [0, 0.1) is 19.7 Å². The molecule has 2 heterocycles. The third-order valence-corrected chi connectivity index (χ3v) is 7.47. The first-order valence-corrected chi connectivity index (χ1v) is 11.7. The van der Waals surface area contributed by atoms with Crippen molar-refractivity contribution in [1.29, 1.82) is 0 Å². The van der Waals surface area contributed by atoms with Crippen LogP contribution in [0.4, 0.5) is 4.39 Å². The van der Waals surface area contributed by atoms with Gasteiger partial charge in [-0.15, -0.1) is 0 Å². The quantitative estimate of drug-likeness (QED) is 0.413. The second-order valence-corrected chi connectivity index (χ2v) is 9.67. The second kappa shape index (κ2) is 9.05. The van der Waals surface area contributed by atoms with Gasteiger partial charge in [-0.3, -0.25) is 0 Å². The van der Waals surface area contributed by atoms with E-state index in [2.05, 4.69) is 0 Å². The first kappa shape index (κ1) is 23.1. The summed E-state index contributed by atoms with van der Waals surface area (Å²) in [7, 11) is -4.14. The van der Waals surface area contributed by atoms with Crippen LogP contribution in [0.5, 0.6) is 0 Å². The molecule has 0 atom stereocenters. The minimum Gasteiger partial charge on any atom is -0.457 e. The van der Waals surface area contributed by atoms with Crippen molar-refractivity contribution in [3.05, 3.63) is 74.9 Å². The molecular weight excluding hydrogens is 453 g/mol. The van der Waals surface area contributed by atoms with E-state index in [1.54, 1.807) is 6.07 Å². The van der Waals surface area contributed by atoms with Crippen LogP contribution in [0.1, 0.15) is 27.0 Å². The number of nitrogens with zero attached hydrogens (tertiary/aromatic N) is 1. The second-order valence-electron chi connectivity index (χ2n) is 7.76. The topological polar surface area (TPSA) is 103 Å². The highest BCUT2D eigenvalue weighted by atomic mass is 32.2. The van der Waals surface area contributed by atoms with Gasteiger partial charge < -0.3 is 13.9 Å². The highest BCUT2D eigenvalue weighted by Crippen LogP contribution is 2.24. The van der Waals surface area contributed by atoms with Gasteiger partial charge in [-0.2, -0.15) is 4.31 Å². The number of halogens is 1. The predicted molar refractivity (Wildman–Crippen MR) is 117 cm³/mol. The lowest BCUT2D eigenvalue weighted by atomic mass is 10.0. The van der Waals surface area contributed by atoms with Crippen LogP contribution in [0.25, 0.3) is 11.0 Å². The highest BCUT2D eigenvalue weighted by molar-refractivity contribution is 7.89. The summed E-state index contributed by atoms with van der Waals surface area (Å²) in [5, 5.41) is 0.625. The number of ether oxygens (including phenoxy) is 2. The Kier molecular flexibility index (Phi) is 6.33. The molecule has 1 fully saturated rings. The SMILES string of the molecule is Cc1cc2oc(=O)cc(COC(=O)c3ccc(F)c(S(=O)(=O)N4CCOCC4)c3)c2cc1C. The molecule has 33 heavy (non-hydrogen) atoms. The van der Waals surface area contributed by atoms with Gasteiger partial charge >= 0.3 is 11.6 Å². The third-order valence-electron chi connectivity index (χ3n) is 5.56. The van der Waals surface area contributed by atoms with Crippen molar-refractivity contribution in [2.75, 3.05) is 26.3 Å². The van der Waals surface area contributed by atoms with Crippen LogP contribution in [0.3, 0.4) is 0 Å². The van der Waals surface area contributed by atoms with Gasteiger partial charge in [0.2, 0.25) is 10.0 Å². The molecule has 10 heteroatoms. The van der Waals surface area contributed by atoms with Gasteiger partial charge in [0.1, 0.15) is 22.9 Å². The average Bonchev–Trinajstić information content (AvgIpc) is 2.79. The Bertz CT molecular complexity index is 1390. The van der Waals surface area contributed by atoms with Crippen LogP contribution in [-0.2, 0) is 26.1 Å². The summed E-state index contributed by atoms with van der Waals surface area (Å²) in [4.78, 5) is 24.0. The fourth-order valence-electron chi connectivity index (χ4n) is 3.58. The van der Waals surface area contributed by atoms with E-state index in [1.807, 2.05) is 19.9 Å². The van der Waals surface area contributed by atoms with Crippen molar-refractivity contribution < 1.29 is 31.5 Å². The number of hydrogen-bond donors (Lipinski definition) is 0. The number of esters is 1. The molecule has 3 aromatic rings. The first-order chi connectivity index (χ1) is 15.7. The molecule has 0 saturated carbocycles. The number of sulfonamides is 1. The molecule has 1 aliphatic heterocycles. The maximum absolute atomic E-state index is 14.4. The number of benzene rings is 2. The number of carbonyl (C=O) groups excluding carboxylic acids is 1. The Hall–Kier alpha value is -3.08. The molecule has 0 spiro atoms. The molecule has 0 radical (unpaired) electrons. The van der Waals surface area contributed by atoms with Crippen molar-refractivity contribution in [2.24, 2.45) is 0 Å². The normalized spacial score (nSPS) is 15.0. The van der Waals surface area contributed by atoms with Crippen LogP contribution in [-0.4, -0.2) is 45.0 Å². The van der Waals surface area contributed by atoms with Crippen molar-refractivity contribution in [3.8, 4) is 0 Å². The summed E-state index contributed by atoms with van der Waals surface area (Å²) in [6, 6.07) is 7.85. The molecule has 4 rings (SSSR count). The highest BCUT2D eigenvalue weighted by Gasteiger charge is 2.30. The zero-order valence-electron chi connectivity index (χ0n) is 18.1. The Morgan fingerprint density at radius 3 is 2.52 bits per heavy atom. The standard InChI is InChI=1S/C23H22FNO7S/c1-14-9-18-17(12-22(26)32-20(18)10-15(14)2)13-31-23(27)16-3-4-19(24)21(11-16)33(28,29)25-5-7-30-8-6-25/h3-4,9-12H,5-8,13H2,1-2H3. The number of hydrogen-bond acceptors (Lipinski definition) is 7. The van der Waals surface area contributed by atoms with Crippen LogP contribution >= 0.6 is 0 Å². The fraction of sp³-hybridized carbons (Fsp3) is 0.304. The molecule has 1 aromatic heterocycles. The Morgan fingerprint density at radius 1 is 1.09 bits per heavy atom. The monoisotopic (exact) mass is 475 g/mol. The van der Waals surface area contributed by atoms with E-state index < -0.39 is 32.3 Å². The molecule has 2 aromatic carbocycles. The molecule has 0 unspecified atom stereocenters. The van der Waals surface area contributed by atoms with E-state index in [0.717, 1.165) is 33.6 Å². The van der Waals surface area contributed by atoms with E-state index in [9.17, 15) is 22.4 Å². The van der Waals surface area contributed by atoms with E-state index in [1.165, 1.54) is 6.07 Å². The molecule has 0 amide bonds. The van der Waals surface area contributed by atoms with Gasteiger partial charge in [0, 0.05) is 30.1 Å². The molecule has 0 bridgehead atoms. The zero-order chi connectivity index (χ0) is 23.8. The minimum atomic E-state index is -4.14. The Morgan fingerprint density at radius 2 is 1.79 bits per heavy atom. The van der Waals surface area contributed by atoms with Gasteiger partial charge in [-0.1, -0.05) is 0 Å². The van der Waals surface area contributed by atoms with E-state index in [-0.39, 0.29) is 38.5 Å². The van der Waals surface area contributed by atoms with E-state index in [4.69, 9.17) is 13.9 Å². The lowest BCUT2D eigenvalue weighted by Gasteiger charge is -2.26. The molecule has 1 saturated heterocycles. The zero-order valence-corrected chi connectivity index (χ0v) is 18.9. The number of rotatable bonds is 5. The van der Waals surface area contributed by atoms with Gasteiger partial charge in [-0.25, -0.2) is 22.4 Å². The van der Waals surface area contributed by atoms with Crippen molar-refractivity contribution in [3.63, 3.8) is 0 Å². The molecule has 1 aliphatic rings. The number of morpholine rings is 1. The number of aryl methyl sites for hydroxylation is 2. The van der Waals surface area contributed by atoms with Crippen molar-refractivity contribution in [2.45, 2.75) is 25.3 Å². The predicted octanol–water partition coefficient (Wildman–Crippen LogP) is 2.93. The van der Waals surface area contributed by atoms with Crippen molar-refractivity contribution >= 4 is 27.0 Å². The lowest BCUT2D eigenvalue weighted by Crippen LogP contribution is -2.41. The summed E-state index contributed by atoms with van der Waals surface area (Å²) < 4.78 is 56.9.